The number of nitrogens with zero attached hydrogens (tertiary/aromatic N) is 2. The molecule has 0 aliphatic rings. The fourth-order valence-electron chi connectivity index (χ4n) is 1.97. The van der Waals surface area contributed by atoms with Gasteiger partial charge in [0.05, 0.1) is 11.9 Å². The molecule has 0 radical (unpaired) electrons. The second-order valence-corrected chi connectivity index (χ2v) is 3.99. The summed E-state index contributed by atoms with van der Waals surface area (Å²) < 4.78 is 1.74. The number of rotatable bonds is 2. The van der Waals surface area contributed by atoms with Crippen LogP contribution >= 0.6 is 0 Å². The van der Waals surface area contributed by atoms with Crippen molar-refractivity contribution in [2.75, 3.05) is 0 Å². The van der Waals surface area contributed by atoms with Crippen molar-refractivity contribution < 1.29 is 5.11 Å². The Kier molecular flexibility index (Phi) is 2.57. The summed E-state index contributed by atoms with van der Waals surface area (Å²) in [6, 6.07) is 19.5. The third kappa shape index (κ3) is 1.76. The molecule has 1 heterocycles. The molecule has 1 N–H and O–H groups in total. The molecule has 0 aliphatic carbocycles. The second-order valence-electron chi connectivity index (χ2n) is 3.99. The zero-order valence-electron chi connectivity index (χ0n) is 9.69. The molecule has 3 rings (SSSR count). The number of hydrogen-bond donors (Lipinski definition) is 1. The van der Waals surface area contributed by atoms with Crippen molar-refractivity contribution in [3.8, 4) is 22.7 Å². The first-order valence-electron chi connectivity index (χ1n) is 5.74. The molecule has 0 fully saturated rings. The average molecular weight is 236 g/mol. The van der Waals surface area contributed by atoms with Crippen LogP contribution in [0, 0.1) is 0 Å². The van der Waals surface area contributed by atoms with E-state index in [1.807, 2.05) is 60.7 Å². The van der Waals surface area contributed by atoms with Crippen LogP contribution in [-0.4, -0.2) is 14.9 Å². The van der Waals surface area contributed by atoms with Gasteiger partial charge in [0, 0.05) is 5.56 Å². The Bertz CT molecular complexity index is 645. The monoisotopic (exact) mass is 236 g/mol. The topological polar surface area (TPSA) is 38.1 Å². The van der Waals surface area contributed by atoms with Crippen LogP contribution in [0.15, 0.2) is 66.9 Å². The minimum absolute atomic E-state index is 0.185. The van der Waals surface area contributed by atoms with E-state index in [2.05, 4.69) is 5.10 Å². The zero-order chi connectivity index (χ0) is 12.4. The van der Waals surface area contributed by atoms with Crippen molar-refractivity contribution in [3.05, 3.63) is 66.9 Å². The fourth-order valence-corrected chi connectivity index (χ4v) is 1.97. The SMILES string of the molecule is Oc1cnn(-c2ccccc2)c1-c1ccccc1. The predicted octanol–water partition coefficient (Wildman–Crippen LogP) is 3.24. The van der Waals surface area contributed by atoms with Crippen LogP contribution in [0.4, 0.5) is 0 Å². The van der Waals surface area contributed by atoms with Gasteiger partial charge in [-0.05, 0) is 12.1 Å². The van der Waals surface area contributed by atoms with Crippen molar-refractivity contribution in [2.24, 2.45) is 0 Å². The minimum Gasteiger partial charge on any atom is -0.504 e. The van der Waals surface area contributed by atoms with Crippen LogP contribution in [0.5, 0.6) is 5.75 Å². The lowest BCUT2D eigenvalue weighted by atomic mass is 10.1. The number of aromatic nitrogens is 2. The molecule has 0 amide bonds. The quantitative estimate of drug-likeness (QED) is 0.741. The minimum atomic E-state index is 0.185. The van der Waals surface area contributed by atoms with E-state index in [-0.39, 0.29) is 5.75 Å². The van der Waals surface area contributed by atoms with E-state index in [9.17, 15) is 5.11 Å². The first-order chi connectivity index (χ1) is 8.86. The molecule has 0 saturated carbocycles. The number of benzene rings is 2. The van der Waals surface area contributed by atoms with E-state index in [1.165, 1.54) is 6.20 Å². The highest BCUT2D eigenvalue weighted by atomic mass is 16.3. The van der Waals surface area contributed by atoms with Gasteiger partial charge in [-0.3, -0.25) is 0 Å². The van der Waals surface area contributed by atoms with Crippen molar-refractivity contribution in [1.82, 2.24) is 9.78 Å². The van der Waals surface area contributed by atoms with E-state index in [0.717, 1.165) is 11.3 Å². The fraction of sp³-hybridized carbons (Fsp3) is 0. The molecule has 88 valence electrons. The zero-order valence-corrected chi connectivity index (χ0v) is 9.69. The Balaban J connectivity index is 2.19. The smallest absolute Gasteiger partial charge is 0.162 e. The summed E-state index contributed by atoms with van der Waals surface area (Å²) >= 11 is 0. The summed E-state index contributed by atoms with van der Waals surface area (Å²) in [5.41, 5.74) is 2.58. The lowest BCUT2D eigenvalue weighted by Crippen LogP contribution is -1.98. The van der Waals surface area contributed by atoms with E-state index < -0.39 is 0 Å². The molecule has 3 nitrogen and oxygen atoms in total. The summed E-state index contributed by atoms with van der Waals surface area (Å²) in [6.07, 6.45) is 1.47. The van der Waals surface area contributed by atoms with Crippen LogP contribution in [-0.2, 0) is 0 Å². The predicted molar refractivity (Wildman–Crippen MR) is 70.7 cm³/mol. The van der Waals surface area contributed by atoms with Gasteiger partial charge < -0.3 is 5.11 Å². The van der Waals surface area contributed by atoms with Gasteiger partial charge in [-0.1, -0.05) is 48.5 Å². The molecule has 1 aromatic heterocycles. The lowest BCUT2D eigenvalue weighted by Gasteiger charge is -2.07. The summed E-state index contributed by atoms with van der Waals surface area (Å²) in [6.45, 7) is 0. The molecule has 2 aromatic carbocycles. The molecule has 0 atom stereocenters. The van der Waals surface area contributed by atoms with Gasteiger partial charge in [0.25, 0.3) is 0 Å². The molecule has 3 aromatic rings. The van der Waals surface area contributed by atoms with E-state index in [1.54, 1.807) is 4.68 Å². The van der Waals surface area contributed by atoms with Gasteiger partial charge in [-0.2, -0.15) is 5.10 Å². The highest BCUT2D eigenvalue weighted by molar-refractivity contribution is 5.68. The summed E-state index contributed by atoms with van der Waals surface area (Å²) in [5.74, 6) is 0.185. The molecule has 0 unspecified atom stereocenters. The average Bonchev–Trinajstić information content (AvgIpc) is 2.83. The maximum Gasteiger partial charge on any atom is 0.162 e. The molecule has 0 bridgehead atoms. The Morgan fingerprint density at radius 3 is 2.11 bits per heavy atom. The van der Waals surface area contributed by atoms with E-state index in [4.69, 9.17) is 0 Å². The normalized spacial score (nSPS) is 10.4. The first-order valence-corrected chi connectivity index (χ1v) is 5.74. The largest absolute Gasteiger partial charge is 0.504 e. The Morgan fingerprint density at radius 1 is 0.833 bits per heavy atom. The Labute approximate surface area is 105 Å². The molecular formula is C15H12N2O. The maximum absolute atomic E-state index is 9.96. The van der Waals surface area contributed by atoms with Gasteiger partial charge in [-0.25, -0.2) is 4.68 Å². The third-order valence-electron chi connectivity index (χ3n) is 2.80. The molecule has 3 heteroatoms. The number of aromatic hydroxyl groups is 1. The van der Waals surface area contributed by atoms with Crippen molar-refractivity contribution >= 4 is 0 Å². The summed E-state index contributed by atoms with van der Waals surface area (Å²) in [5, 5.41) is 14.2. The van der Waals surface area contributed by atoms with Gasteiger partial charge in [0.1, 0.15) is 5.69 Å². The maximum atomic E-state index is 9.96. The molecular weight excluding hydrogens is 224 g/mol. The van der Waals surface area contributed by atoms with Crippen LogP contribution in [0.2, 0.25) is 0 Å². The second kappa shape index (κ2) is 4.37. The van der Waals surface area contributed by atoms with Crippen molar-refractivity contribution in [3.63, 3.8) is 0 Å². The van der Waals surface area contributed by atoms with Gasteiger partial charge >= 0.3 is 0 Å². The van der Waals surface area contributed by atoms with Crippen LogP contribution in [0.3, 0.4) is 0 Å². The first kappa shape index (κ1) is 10.6. The van der Waals surface area contributed by atoms with Crippen LogP contribution < -0.4 is 0 Å². The standard InChI is InChI=1S/C15H12N2O/c18-14-11-16-17(13-9-5-2-6-10-13)15(14)12-7-3-1-4-8-12/h1-11,18H. The molecule has 18 heavy (non-hydrogen) atoms. The van der Waals surface area contributed by atoms with Gasteiger partial charge in [-0.15, -0.1) is 0 Å². The van der Waals surface area contributed by atoms with Crippen LogP contribution in [0.1, 0.15) is 0 Å². The van der Waals surface area contributed by atoms with Gasteiger partial charge in [0.2, 0.25) is 0 Å². The highest BCUT2D eigenvalue weighted by Crippen LogP contribution is 2.30. The Morgan fingerprint density at radius 2 is 1.44 bits per heavy atom. The third-order valence-corrected chi connectivity index (χ3v) is 2.80. The van der Waals surface area contributed by atoms with Crippen molar-refractivity contribution in [1.29, 1.82) is 0 Å². The molecule has 0 saturated heterocycles. The van der Waals surface area contributed by atoms with E-state index >= 15 is 0 Å². The van der Waals surface area contributed by atoms with E-state index in [0.29, 0.717) is 5.69 Å². The summed E-state index contributed by atoms with van der Waals surface area (Å²) in [4.78, 5) is 0. The van der Waals surface area contributed by atoms with Crippen molar-refractivity contribution in [2.45, 2.75) is 0 Å². The summed E-state index contributed by atoms with van der Waals surface area (Å²) in [7, 11) is 0. The molecule has 0 spiro atoms. The number of hydrogen-bond acceptors (Lipinski definition) is 2. The highest BCUT2D eigenvalue weighted by Gasteiger charge is 2.12. The molecule has 0 aliphatic heterocycles. The van der Waals surface area contributed by atoms with Gasteiger partial charge in [0.15, 0.2) is 5.75 Å². The number of para-hydroxylation sites is 1. The Hall–Kier alpha value is -2.55. The lowest BCUT2D eigenvalue weighted by molar-refractivity contribution is 0.477. The van der Waals surface area contributed by atoms with Crippen LogP contribution in [0.25, 0.3) is 16.9 Å².